The number of amides is 1. The number of piperidine rings is 1. The van der Waals surface area contributed by atoms with Gasteiger partial charge in [0.1, 0.15) is 16.9 Å². The summed E-state index contributed by atoms with van der Waals surface area (Å²) in [5, 5.41) is 0.933. The van der Waals surface area contributed by atoms with Crippen molar-refractivity contribution in [2.45, 2.75) is 71.8 Å². The summed E-state index contributed by atoms with van der Waals surface area (Å²) >= 11 is 0. The van der Waals surface area contributed by atoms with E-state index in [0.29, 0.717) is 42.8 Å². The van der Waals surface area contributed by atoms with Gasteiger partial charge in [-0.05, 0) is 83.9 Å². The molecule has 2 aliphatic rings. The van der Waals surface area contributed by atoms with E-state index in [0.717, 1.165) is 42.2 Å². The number of rotatable bonds is 2. The molecule has 1 amide bonds. The first-order chi connectivity index (χ1) is 15.1. The van der Waals surface area contributed by atoms with Crippen molar-refractivity contribution in [3.63, 3.8) is 0 Å². The Balaban J connectivity index is 1.46. The van der Waals surface area contributed by atoms with Gasteiger partial charge >= 0.3 is 17.7 Å². The first kappa shape index (κ1) is 22.4. The lowest BCUT2D eigenvalue weighted by Gasteiger charge is -2.32. The SMILES string of the molecule is Cc1c(OC(=O)C2CCN(C(=O)OC(C)(C)C)CC2)ccc2c3c(c(=O)oc12)CCCC3. The molecular formula is C25H31NO6. The van der Waals surface area contributed by atoms with Gasteiger partial charge in [0.15, 0.2) is 0 Å². The maximum absolute atomic E-state index is 12.8. The Morgan fingerprint density at radius 3 is 2.38 bits per heavy atom. The normalized spacial score (nSPS) is 17.2. The fourth-order valence-corrected chi connectivity index (χ4v) is 4.55. The van der Waals surface area contributed by atoms with Crippen molar-refractivity contribution in [2.75, 3.05) is 13.1 Å². The molecule has 1 aromatic carbocycles. The molecule has 1 aliphatic carbocycles. The fourth-order valence-electron chi connectivity index (χ4n) is 4.55. The molecule has 32 heavy (non-hydrogen) atoms. The van der Waals surface area contributed by atoms with Gasteiger partial charge in [0.2, 0.25) is 0 Å². The van der Waals surface area contributed by atoms with Crippen molar-refractivity contribution in [1.29, 1.82) is 0 Å². The lowest BCUT2D eigenvalue weighted by Crippen LogP contribution is -2.43. The van der Waals surface area contributed by atoms with E-state index in [1.165, 1.54) is 0 Å². The van der Waals surface area contributed by atoms with Gasteiger partial charge in [-0.1, -0.05) is 0 Å². The Morgan fingerprint density at radius 2 is 1.72 bits per heavy atom. The maximum atomic E-state index is 12.8. The summed E-state index contributed by atoms with van der Waals surface area (Å²) in [5.41, 5.74) is 2.18. The van der Waals surface area contributed by atoms with Crippen LogP contribution in [-0.4, -0.2) is 35.7 Å². The van der Waals surface area contributed by atoms with E-state index in [4.69, 9.17) is 13.9 Å². The van der Waals surface area contributed by atoms with Gasteiger partial charge in [-0.25, -0.2) is 9.59 Å². The van der Waals surface area contributed by atoms with E-state index >= 15 is 0 Å². The predicted octanol–water partition coefficient (Wildman–Crippen LogP) is 4.53. The topological polar surface area (TPSA) is 86.0 Å². The van der Waals surface area contributed by atoms with Gasteiger partial charge in [-0.3, -0.25) is 4.79 Å². The number of aryl methyl sites for hydroxylation is 2. The van der Waals surface area contributed by atoms with Gasteiger partial charge in [0.05, 0.1) is 5.92 Å². The summed E-state index contributed by atoms with van der Waals surface area (Å²) < 4.78 is 16.8. The van der Waals surface area contributed by atoms with Crippen LogP contribution in [0.2, 0.25) is 0 Å². The van der Waals surface area contributed by atoms with E-state index < -0.39 is 5.60 Å². The van der Waals surface area contributed by atoms with Crippen LogP contribution in [-0.2, 0) is 22.4 Å². The molecular weight excluding hydrogens is 410 g/mol. The van der Waals surface area contributed by atoms with Crippen molar-refractivity contribution in [3.05, 3.63) is 39.2 Å². The molecule has 1 fully saturated rings. The minimum atomic E-state index is -0.547. The summed E-state index contributed by atoms with van der Waals surface area (Å²) in [6, 6.07) is 3.68. The third-order valence-corrected chi connectivity index (χ3v) is 6.28. The predicted molar refractivity (Wildman–Crippen MR) is 120 cm³/mol. The van der Waals surface area contributed by atoms with Gasteiger partial charge in [-0.2, -0.15) is 0 Å². The van der Waals surface area contributed by atoms with Crippen LogP contribution in [0.25, 0.3) is 11.0 Å². The highest BCUT2D eigenvalue weighted by molar-refractivity contribution is 5.87. The van der Waals surface area contributed by atoms with Crippen molar-refractivity contribution in [3.8, 4) is 5.75 Å². The highest BCUT2D eigenvalue weighted by Crippen LogP contribution is 2.33. The number of fused-ring (bicyclic) bond motifs is 3. The second-order valence-corrected chi connectivity index (χ2v) is 9.78. The van der Waals surface area contributed by atoms with Gasteiger partial charge in [0, 0.05) is 29.6 Å². The van der Waals surface area contributed by atoms with Crippen molar-refractivity contribution < 1.29 is 23.5 Å². The highest BCUT2D eigenvalue weighted by Gasteiger charge is 2.31. The molecule has 172 valence electrons. The molecule has 1 aliphatic heterocycles. The van der Waals surface area contributed by atoms with E-state index in [1.54, 1.807) is 11.0 Å². The number of hydrogen-bond donors (Lipinski definition) is 0. The Morgan fingerprint density at radius 1 is 1.06 bits per heavy atom. The Labute approximate surface area is 187 Å². The van der Waals surface area contributed by atoms with Gasteiger partial charge < -0.3 is 18.8 Å². The lowest BCUT2D eigenvalue weighted by molar-refractivity contribution is -0.140. The lowest BCUT2D eigenvalue weighted by atomic mass is 9.90. The molecule has 7 heteroatoms. The number of esters is 1. The largest absolute Gasteiger partial charge is 0.444 e. The van der Waals surface area contributed by atoms with Crippen LogP contribution in [0.3, 0.4) is 0 Å². The zero-order valence-corrected chi connectivity index (χ0v) is 19.3. The fraction of sp³-hybridized carbons (Fsp3) is 0.560. The molecule has 2 heterocycles. The van der Waals surface area contributed by atoms with Gasteiger partial charge in [0.25, 0.3) is 0 Å². The van der Waals surface area contributed by atoms with Crippen LogP contribution in [0.4, 0.5) is 4.79 Å². The molecule has 0 saturated carbocycles. The van der Waals surface area contributed by atoms with E-state index in [1.807, 2.05) is 33.8 Å². The van der Waals surface area contributed by atoms with Crippen LogP contribution in [0.1, 0.15) is 63.1 Å². The number of ether oxygens (including phenoxy) is 2. The third kappa shape index (κ3) is 4.52. The number of hydrogen-bond acceptors (Lipinski definition) is 6. The number of carbonyl (C=O) groups is 2. The highest BCUT2D eigenvalue weighted by atomic mass is 16.6. The van der Waals surface area contributed by atoms with Crippen molar-refractivity contribution in [2.24, 2.45) is 5.92 Å². The Bertz CT molecular complexity index is 1100. The Hall–Kier alpha value is -2.83. The smallest absolute Gasteiger partial charge is 0.410 e. The summed E-state index contributed by atoms with van der Waals surface area (Å²) in [6.45, 7) is 8.21. The molecule has 0 N–H and O–H groups in total. The van der Waals surface area contributed by atoms with E-state index in [9.17, 15) is 14.4 Å². The Kier molecular flexibility index (Phi) is 6.01. The molecule has 1 aromatic heterocycles. The molecule has 0 spiro atoms. The molecule has 0 unspecified atom stereocenters. The van der Waals surface area contributed by atoms with Crippen LogP contribution in [0.15, 0.2) is 21.3 Å². The minimum Gasteiger partial charge on any atom is -0.444 e. The zero-order valence-electron chi connectivity index (χ0n) is 19.3. The number of carbonyl (C=O) groups excluding carboxylic acids is 2. The quantitative estimate of drug-likeness (QED) is 0.387. The summed E-state index contributed by atoms with van der Waals surface area (Å²) in [7, 11) is 0. The summed E-state index contributed by atoms with van der Waals surface area (Å²) in [4.78, 5) is 39.1. The second-order valence-electron chi connectivity index (χ2n) is 9.78. The number of likely N-dealkylation sites (tertiary alicyclic amines) is 1. The monoisotopic (exact) mass is 441 g/mol. The number of nitrogens with zero attached hydrogens (tertiary/aromatic N) is 1. The van der Waals surface area contributed by atoms with Crippen LogP contribution < -0.4 is 10.4 Å². The van der Waals surface area contributed by atoms with E-state index in [2.05, 4.69) is 0 Å². The first-order valence-electron chi connectivity index (χ1n) is 11.4. The summed E-state index contributed by atoms with van der Waals surface area (Å²) in [6.07, 6.45) is 4.37. The van der Waals surface area contributed by atoms with Gasteiger partial charge in [-0.15, -0.1) is 0 Å². The van der Waals surface area contributed by atoms with Crippen LogP contribution in [0, 0.1) is 12.8 Å². The van der Waals surface area contributed by atoms with Crippen molar-refractivity contribution in [1.82, 2.24) is 4.90 Å². The average molecular weight is 442 g/mol. The standard InChI is InChI=1S/C25H31NO6/c1-15-20(10-9-18-17-7-5-6-8-19(17)23(28)31-21(15)18)30-22(27)16-11-13-26(14-12-16)24(29)32-25(2,3)4/h9-10,16H,5-8,11-14H2,1-4H3. The summed E-state index contributed by atoms with van der Waals surface area (Å²) in [5.74, 6) is -0.202. The zero-order chi connectivity index (χ0) is 23.0. The first-order valence-corrected chi connectivity index (χ1v) is 11.4. The molecule has 0 atom stereocenters. The molecule has 4 rings (SSSR count). The average Bonchev–Trinajstić information content (AvgIpc) is 2.75. The van der Waals surface area contributed by atoms with Crippen molar-refractivity contribution >= 4 is 23.0 Å². The van der Waals surface area contributed by atoms with E-state index in [-0.39, 0.29) is 23.6 Å². The van der Waals surface area contributed by atoms with Crippen LogP contribution >= 0.6 is 0 Å². The molecule has 1 saturated heterocycles. The van der Waals surface area contributed by atoms with Crippen LogP contribution in [0.5, 0.6) is 5.75 Å². The third-order valence-electron chi connectivity index (χ3n) is 6.28. The maximum Gasteiger partial charge on any atom is 0.410 e. The number of benzene rings is 1. The second kappa shape index (κ2) is 8.60. The minimum absolute atomic E-state index is 0.284. The molecule has 7 nitrogen and oxygen atoms in total. The molecule has 0 bridgehead atoms. The molecule has 0 radical (unpaired) electrons. The molecule has 2 aromatic rings.